The van der Waals surface area contributed by atoms with Crippen LogP contribution >= 0.6 is 23.2 Å². The summed E-state index contributed by atoms with van der Waals surface area (Å²) in [6.07, 6.45) is -1.83. The number of piperidine rings is 1. The lowest BCUT2D eigenvalue weighted by atomic mass is 9.93. The van der Waals surface area contributed by atoms with Crippen molar-refractivity contribution in [1.29, 1.82) is 0 Å². The molecule has 0 saturated carbocycles. The van der Waals surface area contributed by atoms with Crippen LogP contribution in [-0.2, 0) is 12.7 Å². The van der Waals surface area contributed by atoms with Gasteiger partial charge in [0.05, 0.1) is 5.69 Å². The number of rotatable bonds is 3. The first-order valence-corrected chi connectivity index (χ1v) is 9.51. The summed E-state index contributed by atoms with van der Waals surface area (Å²) < 4.78 is 41.0. The van der Waals surface area contributed by atoms with Gasteiger partial charge < -0.3 is 0 Å². The summed E-state index contributed by atoms with van der Waals surface area (Å²) in [7, 11) is 0. The second kappa shape index (κ2) is 7.50. The molecule has 1 fully saturated rings. The molecule has 2 aromatic heterocycles. The van der Waals surface area contributed by atoms with Crippen molar-refractivity contribution in [2.45, 2.75) is 31.5 Å². The van der Waals surface area contributed by atoms with Crippen LogP contribution in [-0.4, -0.2) is 37.6 Å². The zero-order valence-electron chi connectivity index (χ0n) is 14.6. The van der Waals surface area contributed by atoms with Crippen LogP contribution in [0.3, 0.4) is 0 Å². The Morgan fingerprint density at radius 1 is 1.18 bits per heavy atom. The van der Waals surface area contributed by atoms with Crippen molar-refractivity contribution >= 4 is 29.0 Å². The summed E-state index contributed by atoms with van der Waals surface area (Å²) >= 11 is 12.2. The van der Waals surface area contributed by atoms with E-state index in [4.69, 9.17) is 23.2 Å². The first-order chi connectivity index (χ1) is 13.3. The second-order valence-electron chi connectivity index (χ2n) is 6.85. The van der Waals surface area contributed by atoms with Gasteiger partial charge in [-0.2, -0.15) is 27.8 Å². The molecule has 4 rings (SSSR count). The average molecular weight is 430 g/mol. The van der Waals surface area contributed by atoms with Crippen LogP contribution in [0.15, 0.2) is 30.6 Å². The molecule has 1 aliphatic heterocycles. The summed E-state index contributed by atoms with van der Waals surface area (Å²) in [5.74, 6) is -0.162. The van der Waals surface area contributed by atoms with Crippen molar-refractivity contribution in [2.75, 3.05) is 13.1 Å². The molecule has 28 heavy (non-hydrogen) atoms. The van der Waals surface area contributed by atoms with Crippen LogP contribution < -0.4 is 0 Å². The third kappa shape index (κ3) is 3.94. The Morgan fingerprint density at radius 2 is 2.00 bits per heavy atom. The van der Waals surface area contributed by atoms with E-state index in [1.54, 1.807) is 12.1 Å². The highest BCUT2D eigenvalue weighted by atomic mass is 35.5. The van der Waals surface area contributed by atoms with Gasteiger partial charge in [0.1, 0.15) is 6.33 Å². The number of nitrogens with zero attached hydrogens (tertiary/aromatic N) is 5. The van der Waals surface area contributed by atoms with E-state index >= 15 is 0 Å². The van der Waals surface area contributed by atoms with Gasteiger partial charge in [0.25, 0.3) is 5.78 Å². The lowest BCUT2D eigenvalue weighted by Crippen LogP contribution is -2.34. The van der Waals surface area contributed by atoms with Crippen LogP contribution in [0.4, 0.5) is 13.2 Å². The van der Waals surface area contributed by atoms with Gasteiger partial charge in [-0.15, -0.1) is 0 Å². The fraction of sp³-hybridized carbons (Fsp3) is 0.389. The molecule has 3 aromatic rings. The summed E-state index contributed by atoms with van der Waals surface area (Å²) in [5.41, 5.74) is 0.464. The van der Waals surface area contributed by atoms with E-state index in [1.165, 1.54) is 0 Å². The third-order valence-electron chi connectivity index (χ3n) is 4.89. The molecule has 0 spiro atoms. The smallest absolute Gasteiger partial charge is 0.298 e. The van der Waals surface area contributed by atoms with Gasteiger partial charge in [0.2, 0.25) is 0 Å². The predicted molar refractivity (Wildman–Crippen MR) is 99.5 cm³/mol. The molecule has 1 saturated heterocycles. The molecular formula is C18H16Cl2F3N5. The number of halogens is 5. The van der Waals surface area contributed by atoms with Gasteiger partial charge in [-0.25, -0.2) is 4.98 Å². The summed E-state index contributed by atoms with van der Waals surface area (Å²) in [6, 6.07) is 6.43. The molecule has 0 radical (unpaired) electrons. The number of benzene rings is 1. The molecule has 10 heteroatoms. The van der Waals surface area contributed by atoms with Crippen LogP contribution in [0.5, 0.6) is 0 Å². The standard InChI is InChI=1S/C18H16Cl2F3N5/c19-13-4-3-11(14(20)6-13)8-27-5-1-2-12(9-27)15-7-16(18(21,22)23)28-17(26-15)24-10-25-28/h3-4,6-7,10,12H,1-2,5,8-9H2. The largest absolute Gasteiger partial charge is 0.433 e. The molecule has 0 amide bonds. The zero-order chi connectivity index (χ0) is 19.9. The first-order valence-electron chi connectivity index (χ1n) is 8.75. The zero-order valence-corrected chi connectivity index (χ0v) is 16.1. The highest BCUT2D eigenvalue weighted by molar-refractivity contribution is 6.35. The van der Waals surface area contributed by atoms with Gasteiger partial charge in [0, 0.05) is 29.1 Å². The summed E-state index contributed by atoms with van der Waals surface area (Å²) in [4.78, 5) is 10.3. The van der Waals surface area contributed by atoms with E-state index in [2.05, 4.69) is 20.0 Å². The number of alkyl halides is 3. The van der Waals surface area contributed by atoms with Gasteiger partial charge in [0.15, 0.2) is 5.69 Å². The van der Waals surface area contributed by atoms with Gasteiger partial charge in [-0.3, -0.25) is 4.90 Å². The predicted octanol–water partition coefficient (Wildman–Crippen LogP) is 4.83. The SMILES string of the molecule is FC(F)(F)c1cc(C2CCCN(Cc3ccc(Cl)cc3Cl)C2)nc2ncnn12. The molecule has 5 nitrogen and oxygen atoms in total. The minimum Gasteiger partial charge on any atom is -0.298 e. The number of likely N-dealkylation sites (tertiary alicyclic amines) is 1. The number of hydrogen-bond acceptors (Lipinski definition) is 4. The minimum atomic E-state index is -4.53. The fourth-order valence-corrected chi connectivity index (χ4v) is 4.04. The van der Waals surface area contributed by atoms with Gasteiger partial charge >= 0.3 is 6.18 Å². The molecule has 1 aromatic carbocycles. The van der Waals surface area contributed by atoms with E-state index in [0.29, 0.717) is 28.8 Å². The fourth-order valence-electron chi connectivity index (χ4n) is 3.57. The van der Waals surface area contributed by atoms with Crippen LogP contribution in [0.2, 0.25) is 10.0 Å². The quantitative estimate of drug-likeness (QED) is 0.598. The van der Waals surface area contributed by atoms with Crippen molar-refractivity contribution in [1.82, 2.24) is 24.5 Å². The number of fused-ring (bicyclic) bond motifs is 1. The van der Waals surface area contributed by atoms with Gasteiger partial charge in [-0.1, -0.05) is 29.3 Å². The van der Waals surface area contributed by atoms with Crippen molar-refractivity contribution in [3.8, 4) is 0 Å². The van der Waals surface area contributed by atoms with E-state index in [0.717, 1.165) is 41.9 Å². The Labute approximate surface area is 169 Å². The molecule has 1 aliphatic rings. The number of hydrogen-bond donors (Lipinski definition) is 0. The average Bonchev–Trinajstić information content (AvgIpc) is 3.11. The van der Waals surface area contributed by atoms with Crippen molar-refractivity contribution in [3.63, 3.8) is 0 Å². The van der Waals surface area contributed by atoms with Crippen molar-refractivity contribution in [2.24, 2.45) is 0 Å². The molecule has 1 unspecified atom stereocenters. The molecular weight excluding hydrogens is 414 g/mol. The maximum absolute atomic E-state index is 13.4. The Hall–Kier alpha value is -1.90. The molecule has 3 heterocycles. The molecule has 0 aliphatic carbocycles. The topological polar surface area (TPSA) is 46.3 Å². The Kier molecular flexibility index (Phi) is 5.20. The second-order valence-corrected chi connectivity index (χ2v) is 7.69. The first kappa shape index (κ1) is 19.4. The monoisotopic (exact) mass is 429 g/mol. The van der Waals surface area contributed by atoms with Crippen LogP contribution in [0.25, 0.3) is 5.78 Å². The van der Waals surface area contributed by atoms with Gasteiger partial charge in [-0.05, 0) is 43.1 Å². The lowest BCUT2D eigenvalue weighted by Gasteiger charge is -2.32. The third-order valence-corrected chi connectivity index (χ3v) is 5.48. The van der Waals surface area contributed by atoms with E-state index in [-0.39, 0.29) is 11.7 Å². The van der Waals surface area contributed by atoms with Crippen molar-refractivity contribution in [3.05, 3.63) is 57.6 Å². The normalized spacial score (nSPS) is 18.7. The molecule has 148 valence electrons. The Bertz CT molecular complexity index is 1000. The Morgan fingerprint density at radius 3 is 2.75 bits per heavy atom. The van der Waals surface area contributed by atoms with Crippen LogP contribution in [0.1, 0.15) is 35.7 Å². The van der Waals surface area contributed by atoms with E-state index in [1.807, 2.05) is 6.07 Å². The Balaban J connectivity index is 1.59. The molecule has 0 N–H and O–H groups in total. The highest BCUT2D eigenvalue weighted by Crippen LogP contribution is 2.33. The maximum atomic E-state index is 13.4. The number of aromatic nitrogens is 4. The maximum Gasteiger partial charge on any atom is 0.433 e. The van der Waals surface area contributed by atoms with E-state index < -0.39 is 11.9 Å². The molecule has 1 atom stereocenters. The van der Waals surface area contributed by atoms with Crippen LogP contribution in [0, 0.1) is 0 Å². The highest BCUT2D eigenvalue weighted by Gasteiger charge is 2.36. The molecule has 0 bridgehead atoms. The lowest BCUT2D eigenvalue weighted by molar-refractivity contribution is -0.142. The minimum absolute atomic E-state index is 0.0392. The van der Waals surface area contributed by atoms with E-state index in [9.17, 15) is 13.2 Å². The summed E-state index contributed by atoms with van der Waals surface area (Å²) in [5, 5.41) is 4.79. The summed E-state index contributed by atoms with van der Waals surface area (Å²) in [6.45, 7) is 2.04. The van der Waals surface area contributed by atoms with Crippen molar-refractivity contribution < 1.29 is 13.2 Å².